The minimum absolute atomic E-state index is 0.281. The van der Waals surface area contributed by atoms with E-state index in [-0.39, 0.29) is 5.91 Å². The molecule has 0 spiro atoms. The van der Waals surface area contributed by atoms with Crippen LogP contribution in [0.3, 0.4) is 0 Å². The molecule has 7 heteroatoms. The Kier molecular flexibility index (Phi) is 4.06. The van der Waals surface area contributed by atoms with Gasteiger partial charge >= 0.3 is 0 Å². The molecule has 17 heavy (non-hydrogen) atoms. The molecule has 1 atom stereocenters. The van der Waals surface area contributed by atoms with Crippen LogP contribution >= 0.6 is 43.5 Å². The standard InChI is InChI=1S/C10H8Br2ClN3O/c11-7-2-1-6(8(12)3-7)5-16-10(13)15-9(17)4-14-16/h1-4,10H,5H2,(H,15,17)/t10-/m0/s1. The number of alkyl halides is 1. The van der Waals surface area contributed by atoms with Crippen molar-refractivity contribution >= 4 is 55.6 Å². The predicted octanol–water partition coefficient (Wildman–Crippen LogP) is 2.65. The lowest BCUT2D eigenvalue weighted by atomic mass is 10.2. The summed E-state index contributed by atoms with van der Waals surface area (Å²) < 4.78 is 1.95. The average Bonchev–Trinajstić information content (AvgIpc) is 2.25. The zero-order valence-corrected chi connectivity index (χ0v) is 12.5. The first kappa shape index (κ1) is 12.9. The molecule has 1 heterocycles. The predicted molar refractivity (Wildman–Crippen MR) is 73.7 cm³/mol. The SMILES string of the molecule is O=C1C=NN(Cc2ccc(Br)cc2Br)[C@@H](Cl)N1. The highest BCUT2D eigenvalue weighted by molar-refractivity contribution is 9.11. The summed E-state index contributed by atoms with van der Waals surface area (Å²) in [5.74, 6) is -0.281. The van der Waals surface area contributed by atoms with Crippen molar-refractivity contribution in [2.75, 3.05) is 0 Å². The van der Waals surface area contributed by atoms with Crippen molar-refractivity contribution in [2.24, 2.45) is 5.10 Å². The van der Waals surface area contributed by atoms with Gasteiger partial charge in [0.1, 0.15) is 6.21 Å². The number of amides is 1. The van der Waals surface area contributed by atoms with E-state index in [0.717, 1.165) is 14.5 Å². The molecule has 0 radical (unpaired) electrons. The highest BCUT2D eigenvalue weighted by Gasteiger charge is 2.20. The molecule has 4 nitrogen and oxygen atoms in total. The second-order valence-corrected chi connectivity index (χ2v) is 5.61. The summed E-state index contributed by atoms with van der Waals surface area (Å²) in [5, 5.41) is 8.14. The fraction of sp³-hybridized carbons (Fsp3) is 0.200. The number of benzene rings is 1. The lowest BCUT2D eigenvalue weighted by Gasteiger charge is -2.27. The molecule has 90 valence electrons. The first-order chi connectivity index (χ1) is 8.06. The summed E-state index contributed by atoms with van der Waals surface area (Å²) >= 11 is 12.8. The Labute approximate surface area is 120 Å². The van der Waals surface area contributed by atoms with Crippen molar-refractivity contribution in [1.82, 2.24) is 10.3 Å². The van der Waals surface area contributed by atoms with Gasteiger partial charge in [-0.05, 0) is 17.7 Å². The normalized spacial score (nSPS) is 19.4. The maximum Gasteiger partial charge on any atom is 0.266 e. The molecule has 0 fully saturated rings. The maximum atomic E-state index is 11.0. The molecular weight excluding hydrogens is 373 g/mol. The molecule has 1 N–H and O–H groups in total. The van der Waals surface area contributed by atoms with E-state index in [1.807, 2.05) is 18.2 Å². The van der Waals surface area contributed by atoms with E-state index in [1.165, 1.54) is 6.21 Å². The number of nitrogens with zero attached hydrogens (tertiary/aromatic N) is 2. The molecule has 0 saturated heterocycles. The van der Waals surface area contributed by atoms with Gasteiger partial charge in [0, 0.05) is 8.95 Å². The summed E-state index contributed by atoms with van der Waals surface area (Å²) in [5.41, 5.74) is 0.412. The van der Waals surface area contributed by atoms with Crippen LogP contribution in [0.2, 0.25) is 0 Å². The minimum atomic E-state index is -0.622. The Morgan fingerprint density at radius 3 is 2.88 bits per heavy atom. The number of carbonyl (C=O) groups is 1. The van der Waals surface area contributed by atoms with Gasteiger partial charge in [0.2, 0.25) is 0 Å². The van der Waals surface area contributed by atoms with E-state index < -0.39 is 5.62 Å². The number of hydrogen-bond donors (Lipinski definition) is 1. The van der Waals surface area contributed by atoms with E-state index in [4.69, 9.17) is 11.6 Å². The van der Waals surface area contributed by atoms with Gasteiger partial charge in [0.25, 0.3) is 5.91 Å². The molecular formula is C10H8Br2ClN3O. The summed E-state index contributed by atoms with van der Waals surface area (Å²) in [6.07, 6.45) is 1.21. The van der Waals surface area contributed by atoms with E-state index in [1.54, 1.807) is 5.01 Å². The lowest BCUT2D eigenvalue weighted by molar-refractivity contribution is -0.116. The molecule has 0 aromatic heterocycles. The van der Waals surface area contributed by atoms with Gasteiger partial charge < -0.3 is 5.32 Å². The quantitative estimate of drug-likeness (QED) is 0.632. The zero-order chi connectivity index (χ0) is 12.4. The fourth-order valence-corrected chi connectivity index (χ4v) is 2.76. The van der Waals surface area contributed by atoms with Crippen LogP contribution in [0.4, 0.5) is 0 Å². The second kappa shape index (κ2) is 5.37. The van der Waals surface area contributed by atoms with E-state index in [0.29, 0.717) is 6.54 Å². The third-order valence-corrected chi connectivity index (χ3v) is 3.76. The minimum Gasteiger partial charge on any atom is -0.317 e. The molecule has 2 rings (SSSR count). The van der Waals surface area contributed by atoms with Crippen LogP contribution < -0.4 is 5.32 Å². The Morgan fingerprint density at radius 1 is 1.47 bits per heavy atom. The van der Waals surface area contributed by atoms with Gasteiger partial charge in [-0.1, -0.05) is 49.5 Å². The van der Waals surface area contributed by atoms with Gasteiger partial charge in [-0.15, -0.1) is 0 Å². The Bertz CT molecular complexity index is 481. The van der Waals surface area contributed by atoms with Crippen molar-refractivity contribution < 1.29 is 4.79 Å². The monoisotopic (exact) mass is 379 g/mol. The van der Waals surface area contributed by atoms with E-state index in [9.17, 15) is 4.79 Å². The van der Waals surface area contributed by atoms with E-state index in [2.05, 4.69) is 42.3 Å². The molecule has 0 unspecified atom stereocenters. The van der Waals surface area contributed by atoms with Crippen LogP contribution in [-0.2, 0) is 11.3 Å². The molecule has 1 aromatic carbocycles. The van der Waals surface area contributed by atoms with Gasteiger partial charge in [-0.2, -0.15) is 5.10 Å². The summed E-state index contributed by atoms with van der Waals surface area (Å²) in [6.45, 7) is 0.513. The molecule has 0 bridgehead atoms. The van der Waals surface area contributed by atoms with Crippen molar-refractivity contribution in [3.05, 3.63) is 32.7 Å². The van der Waals surface area contributed by atoms with Crippen molar-refractivity contribution in [3.8, 4) is 0 Å². The van der Waals surface area contributed by atoms with Crippen molar-refractivity contribution in [2.45, 2.75) is 12.2 Å². The first-order valence-corrected chi connectivity index (χ1v) is 6.77. The number of rotatable bonds is 2. The van der Waals surface area contributed by atoms with Gasteiger partial charge in [-0.25, -0.2) is 0 Å². The van der Waals surface area contributed by atoms with Gasteiger partial charge in [0.05, 0.1) is 6.54 Å². The van der Waals surface area contributed by atoms with Crippen LogP contribution in [0.1, 0.15) is 5.56 Å². The summed E-state index contributed by atoms with van der Waals surface area (Å²) in [7, 11) is 0. The number of hydrogen-bond acceptors (Lipinski definition) is 3. The Balaban J connectivity index is 2.15. The molecule has 1 amide bonds. The molecule has 0 saturated carbocycles. The fourth-order valence-electron chi connectivity index (χ4n) is 1.36. The molecule has 1 aliphatic rings. The second-order valence-electron chi connectivity index (χ2n) is 3.42. The third kappa shape index (κ3) is 3.20. The maximum absolute atomic E-state index is 11.0. The van der Waals surface area contributed by atoms with Crippen LogP contribution in [0.15, 0.2) is 32.2 Å². The molecule has 1 aromatic rings. The van der Waals surface area contributed by atoms with Crippen LogP contribution in [-0.4, -0.2) is 22.8 Å². The van der Waals surface area contributed by atoms with Crippen molar-refractivity contribution in [1.29, 1.82) is 0 Å². The first-order valence-electron chi connectivity index (χ1n) is 4.75. The highest BCUT2D eigenvalue weighted by atomic mass is 79.9. The van der Waals surface area contributed by atoms with Crippen molar-refractivity contribution in [3.63, 3.8) is 0 Å². The van der Waals surface area contributed by atoms with Crippen LogP contribution in [0.5, 0.6) is 0 Å². The van der Waals surface area contributed by atoms with Crippen LogP contribution in [0.25, 0.3) is 0 Å². The smallest absolute Gasteiger partial charge is 0.266 e. The lowest BCUT2D eigenvalue weighted by Crippen LogP contribution is -2.46. The van der Waals surface area contributed by atoms with Crippen LogP contribution in [0, 0.1) is 0 Å². The molecule has 1 aliphatic heterocycles. The third-order valence-electron chi connectivity index (χ3n) is 2.19. The molecule has 0 aliphatic carbocycles. The summed E-state index contributed by atoms with van der Waals surface area (Å²) in [4.78, 5) is 11.0. The van der Waals surface area contributed by atoms with Gasteiger partial charge in [0.15, 0.2) is 5.62 Å². The average molecular weight is 381 g/mol. The van der Waals surface area contributed by atoms with E-state index >= 15 is 0 Å². The highest BCUT2D eigenvalue weighted by Crippen LogP contribution is 2.24. The number of halogens is 3. The number of hydrazone groups is 1. The zero-order valence-electron chi connectivity index (χ0n) is 8.53. The van der Waals surface area contributed by atoms with Gasteiger partial charge in [-0.3, -0.25) is 9.80 Å². The number of nitrogens with one attached hydrogen (secondary N) is 1. The number of carbonyl (C=O) groups excluding carboxylic acids is 1. The topological polar surface area (TPSA) is 44.7 Å². The largest absolute Gasteiger partial charge is 0.317 e. The Morgan fingerprint density at radius 2 is 2.24 bits per heavy atom. The Hall–Kier alpha value is -0.590. The summed E-state index contributed by atoms with van der Waals surface area (Å²) in [6, 6.07) is 5.85.